The number of thiazole rings is 1. The fourth-order valence-corrected chi connectivity index (χ4v) is 4.38. The summed E-state index contributed by atoms with van der Waals surface area (Å²) in [6.07, 6.45) is 0. The zero-order chi connectivity index (χ0) is 23.0. The Bertz CT molecular complexity index is 1220. The molecule has 166 valence electrons. The smallest absolute Gasteiger partial charge is 0.308 e. The van der Waals surface area contributed by atoms with Gasteiger partial charge in [-0.15, -0.1) is 23.1 Å². The number of para-hydroxylation sites is 1. The fourth-order valence-electron chi connectivity index (χ4n) is 2.94. The average Bonchev–Trinajstić information content (AvgIpc) is 3.28. The summed E-state index contributed by atoms with van der Waals surface area (Å²) in [5.74, 6) is 0.148. The quantitative estimate of drug-likeness (QED) is 0.267. The van der Waals surface area contributed by atoms with Crippen molar-refractivity contribution in [3.05, 3.63) is 89.8 Å². The third-order valence-electron chi connectivity index (χ3n) is 4.61. The van der Waals surface area contributed by atoms with E-state index in [-0.39, 0.29) is 17.7 Å². The monoisotopic (exact) mass is 474 g/mol. The highest BCUT2D eigenvalue weighted by molar-refractivity contribution is 8.00. The lowest BCUT2D eigenvalue weighted by molar-refractivity contribution is -0.113. The van der Waals surface area contributed by atoms with Gasteiger partial charge in [0, 0.05) is 27.2 Å². The highest BCUT2D eigenvalue weighted by atomic mass is 32.2. The standard InChI is InChI=1S/C25H22N4O2S2/c1-17-7-9-18(10-8-17)22-15-33-25(28-22)29-23(30)16-32-21-13-11-20(12-14-21)27-24(31)26-19-5-3-2-4-6-19/h2-15H,16H2,1H3,(H2,26,27,31)(H,28,29,30). The molecule has 8 heteroatoms. The summed E-state index contributed by atoms with van der Waals surface area (Å²) in [6.45, 7) is 2.04. The van der Waals surface area contributed by atoms with Crippen molar-refractivity contribution in [3.63, 3.8) is 0 Å². The number of urea groups is 1. The molecule has 0 radical (unpaired) electrons. The summed E-state index contributed by atoms with van der Waals surface area (Å²) in [4.78, 5) is 29.8. The Hall–Kier alpha value is -3.62. The highest BCUT2D eigenvalue weighted by Crippen LogP contribution is 2.26. The van der Waals surface area contributed by atoms with Gasteiger partial charge in [0.25, 0.3) is 0 Å². The SMILES string of the molecule is Cc1ccc(-c2csc(NC(=O)CSc3ccc(NC(=O)Nc4ccccc4)cc3)n2)cc1. The zero-order valence-corrected chi connectivity index (χ0v) is 19.5. The number of nitrogens with one attached hydrogen (secondary N) is 3. The molecule has 3 N–H and O–H groups in total. The number of aryl methyl sites for hydroxylation is 1. The molecule has 1 heterocycles. The molecule has 1 aromatic heterocycles. The van der Waals surface area contributed by atoms with Crippen molar-refractivity contribution in [1.29, 1.82) is 0 Å². The van der Waals surface area contributed by atoms with Crippen molar-refractivity contribution in [2.45, 2.75) is 11.8 Å². The van der Waals surface area contributed by atoms with Crippen LogP contribution in [-0.2, 0) is 4.79 Å². The normalized spacial score (nSPS) is 10.5. The van der Waals surface area contributed by atoms with Crippen LogP contribution in [0, 0.1) is 6.92 Å². The Morgan fingerprint density at radius 1 is 0.848 bits per heavy atom. The second kappa shape index (κ2) is 10.8. The molecule has 0 aliphatic carbocycles. The van der Waals surface area contributed by atoms with Crippen LogP contribution in [0.15, 0.2) is 89.1 Å². The van der Waals surface area contributed by atoms with Crippen LogP contribution in [0.2, 0.25) is 0 Å². The van der Waals surface area contributed by atoms with Crippen LogP contribution in [0.4, 0.5) is 21.3 Å². The van der Waals surface area contributed by atoms with Gasteiger partial charge in [-0.25, -0.2) is 9.78 Å². The van der Waals surface area contributed by atoms with Crippen molar-refractivity contribution in [2.75, 3.05) is 21.7 Å². The van der Waals surface area contributed by atoms with E-state index in [2.05, 4.69) is 20.9 Å². The van der Waals surface area contributed by atoms with Crippen molar-refractivity contribution >= 4 is 51.5 Å². The Morgan fingerprint density at radius 3 is 2.21 bits per heavy atom. The maximum Gasteiger partial charge on any atom is 0.323 e. The van der Waals surface area contributed by atoms with Gasteiger partial charge in [-0.1, -0.05) is 48.0 Å². The summed E-state index contributed by atoms with van der Waals surface area (Å²) in [5, 5.41) is 10.9. The predicted molar refractivity (Wildman–Crippen MR) is 137 cm³/mol. The van der Waals surface area contributed by atoms with Gasteiger partial charge in [-0.3, -0.25) is 4.79 Å². The van der Waals surface area contributed by atoms with Gasteiger partial charge < -0.3 is 16.0 Å². The van der Waals surface area contributed by atoms with Crippen LogP contribution in [-0.4, -0.2) is 22.7 Å². The van der Waals surface area contributed by atoms with E-state index in [0.29, 0.717) is 10.8 Å². The molecule has 3 aromatic carbocycles. The van der Waals surface area contributed by atoms with E-state index in [0.717, 1.165) is 21.8 Å². The molecule has 0 atom stereocenters. The molecular formula is C25H22N4O2S2. The van der Waals surface area contributed by atoms with E-state index in [1.165, 1.54) is 28.7 Å². The first-order valence-electron chi connectivity index (χ1n) is 10.2. The minimum Gasteiger partial charge on any atom is -0.308 e. The molecule has 0 saturated heterocycles. The van der Waals surface area contributed by atoms with Crippen LogP contribution in [0.25, 0.3) is 11.3 Å². The first-order chi connectivity index (χ1) is 16.0. The topological polar surface area (TPSA) is 83.1 Å². The second-order valence-electron chi connectivity index (χ2n) is 7.21. The number of carbonyl (C=O) groups is 2. The third kappa shape index (κ3) is 6.68. The van der Waals surface area contributed by atoms with E-state index in [1.807, 2.05) is 79.0 Å². The molecule has 6 nitrogen and oxygen atoms in total. The summed E-state index contributed by atoms with van der Waals surface area (Å²) < 4.78 is 0. The predicted octanol–water partition coefficient (Wildman–Crippen LogP) is 6.49. The first kappa shape index (κ1) is 22.6. The minimum atomic E-state index is -0.311. The highest BCUT2D eigenvalue weighted by Gasteiger charge is 2.09. The van der Waals surface area contributed by atoms with E-state index in [9.17, 15) is 9.59 Å². The van der Waals surface area contributed by atoms with Gasteiger partial charge in [0.1, 0.15) is 0 Å². The Balaban J connectivity index is 1.24. The number of amides is 3. The molecule has 0 aliphatic heterocycles. The first-order valence-corrected chi connectivity index (χ1v) is 12.1. The lowest BCUT2D eigenvalue weighted by Gasteiger charge is -2.08. The molecule has 33 heavy (non-hydrogen) atoms. The van der Waals surface area contributed by atoms with Gasteiger partial charge in [0.05, 0.1) is 11.4 Å². The summed E-state index contributed by atoms with van der Waals surface area (Å²) in [6, 6.07) is 24.4. The van der Waals surface area contributed by atoms with Gasteiger partial charge in [0.2, 0.25) is 5.91 Å². The van der Waals surface area contributed by atoms with E-state index in [1.54, 1.807) is 12.1 Å². The number of carbonyl (C=O) groups excluding carboxylic acids is 2. The second-order valence-corrected chi connectivity index (χ2v) is 9.12. The molecule has 3 amide bonds. The molecule has 0 unspecified atom stereocenters. The number of thioether (sulfide) groups is 1. The summed E-state index contributed by atoms with van der Waals surface area (Å²) >= 11 is 2.83. The molecule has 4 rings (SSSR count). The van der Waals surface area contributed by atoms with Gasteiger partial charge in [0.15, 0.2) is 5.13 Å². The average molecular weight is 475 g/mol. The molecule has 0 bridgehead atoms. The maximum atomic E-state index is 12.3. The van der Waals surface area contributed by atoms with Crippen LogP contribution in [0.3, 0.4) is 0 Å². The van der Waals surface area contributed by atoms with E-state index >= 15 is 0 Å². The Morgan fingerprint density at radius 2 is 1.52 bits per heavy atom. The van der Waals surface area contributed by atoms with Crippen molar-refractivity contribution < 1.29 is 9.59 Å². The lowest BCUT2D eigenvalue weighted by atomic mass is 10.1. The summed E-state index contributed by atoms with van der Waals surface area (Å²) in [7, 11) is 0. The third-order valence-corrected chi connectivity index (χ3v) is 6.38. The van der Waals surface area contributed by atoms with Gasteiger partial charge in [-0.2, -0.15) is 0 Å². The number of nitrogens with zero attached hydrogens (tertiary/aromatic N) is 1. The van der Waals surface area contributed by atoms with Crippen molar-refractivity contribution in [1.82, 2.24) is 4.98 Å². The van der Waals surface area contributed by atoms with Crippen molar-refractivity contribution in [2.24, 2.45) is 0 Å². The minimum absolute atomic E-state index is 0.116. The number of anilines is 3. The molecule has 0 fully saturated rings. The zero-order valence-electron chi connectivity index (χ0n) is 17.9. The summed E-state index contributed by atoms with van der Waals surface area (Å²) in [5.41, 5.74) is 4.46. The van der Waals surface area contributed by atoms with Gasteiger partial charge >= 0.3 is 6.03 Å². The number of hydrogen-bond acceptors (Lipinski definition) is 5. The largest absolute Gasteiger partial charge is 0.323 e. The fraction of sp³-hybridized carbons (Fsp3) is 0.0800. The molecule has 0 aliphatic rings. The Kier molecular flexibility index (Phi) is 7.39. The number of rotatable bonds is 7. The van der Waals surface area contributed by atoms with E-state index in [4.69, 9.17) is 0 Å². The van der Waals surface area contributed by atoms with E-state index < -0.39 is 0 Å². The lowest BCUT2D eigenvalue weighted by Crippen LogP contribution is -2.19. The van der Waals surface area contributed by atoms with Crippen LogP contribution in [0.1, 0.15) is 5.56 Å². The van der Waals surface area contributed by atoms with Crippen LogP contribution in [0.5, 0.6) is 0 Å². The number of aromatic nitrogens is 1. The molecule has 4 aromatic rings. The molecular weight excluding hydrogens is 452 g/mol. The number of hydrogen-bond donors (Lipinski definition) is 3. The maximum absolute atomic E-state index is 12.3. The Labute approximate surface area is 200 Å². The van der Waals surface area contributed by atoms with Crippen LogP contribution < -0.4 is 16.0 Å². The number of benzene rings is 3. The van der Waals surface area contributed by atoms with Gasteiger partial charge in [-0.05, 0) is 43.3 Å². The molecule has 0 saturated carbocycles. The van der Waals surface area contributed by atoms with Crippen LogP contribution >= 0.6 is 23.1 Å². The molecule has 0 spiro atoms. The van der Waals surface area contributed by atoms with Crippen molar-refractivity contribution in [3.8, 4) is 11.3 Å².